The fraction of sp³-hybridized carbons (Fsp3) is 0. The number of fused-ring (bicyclic) bond motifs is 1. The maximum absolute atomic E-state index is 12.9. The minimum Gasteiger partial charge on any atom is -0.508 e. The van der Waals surface area contributed by atoms with Gasteiger partial charge in [0.05, 0.1) is 11.2 Å². The minimum absolute atomic E-state index is 0.129. The highest BCUT2D eigenvalue weighted by Crippen LogP contribution is 2.26. The van der Waals surface area contributed by atoms with Crippen molar-refractivity contribution in [2.45, 2.75) is 0 Å². The number of aromatic hydroxyl groups is 1. The molecule has 4 nitrogen and oxygen atoms in total. The molecule has 0 bridgehead atoms. The lowest BCUT2D eigenvalue weighted by Crippen LogP contribution is -2.06. The van der Waals surface area contributed by atoms with Gasteiger partial charge in [-0.25, -0.2) is 4.98 Å². The maximum atomic E-state index is 12.9. The summed E-state index contributed by atoms with van der Waals surface area (Å²) in [4.78, 5) is 17.5. The third-order valence-electron chi connectivity index (χ3n) is 3.93. The summed E-state index contributed by atoms with van der Waals surface area (Å²) >= 11 is 0. The van der Waals surface area contributed by atoms with Crippen molar-refractivity contribution in [2.75, 3.05) is 0 Å². The van der Waals surface area contributed by atoms with Gasteiger partial charge in [0.2, 0.25) is 5.78 Å². The highest BCUT2D eigenvalue weighted by molar-refractivity contribution is 6.08. The van der Waals surface area contributed by atoms with E-state index in [1.165, 1.54) is 12.1 Å². The predicted molar refractivity (Wildman–Crippen MR) is 92.2 cm³/mol. The van der Waals surface area contributed by atoms with E-state index in [1.807, 2.05) is 54.7 Å². The van der Waals surface area contributed by atoms with E-state index < -0.39 is 0 Å². The van der Waals surface area contributed by atoms with Crippen LogP contribution in [0.1, 0.15) is 16.2 Å². The zero-order valence-electron chi connectivity index (χ0n) is 12.8. The van der Waals surface area contributed by atoms with Crippen molar-refractivity contribution in [2.24, 2.45) is 0 Å². The van der Waals surface area contributed by atoms with Crippen molar-refractivity contribution < 1.29 is 9.90 Å². The van der Waals surface area contributed by atoms with Crippen LogP contribution in [-0.2, 0) is 0 Å². The first kappa shape index (κ1) is 14.2. The van der Waals surface area contributed by atoms with Crippen LogP contribution in [0.15, 0.2) is 79.0 Å². The van der Waals surface area contributed by atoms with Gasteiger partial charge in [0.25, 0.3) is 0 Å². The van der Waals surface area contributed by atoms with Crippen LogP contribution in [0, 0.1) is 0 Å². The summed E-state index contributed by atoms with van der Waals surface area (Å²) in [7, 11) is 0. The number of carbonyl (C=O) groups excluding carboxylic acids is 1. The fourth-order valence-electron chi connectivity index (χ4n) is 2.75. The molecule has 4 heteroatoms. The summed E-state index contributed by atoms with van der Waals surface area (Å²) < 4.78 is 1.80. The number of phenols is 1. The quantitative estimate of drug-likeness (QED) is 0.583. The van der Waals surface area contributed by atoms with Gasteiger partial charge >= 0.3 is 0 Å². The van der Waals surface area contributed by atoms with Crippen LogP contribution in [0.2, 0.25) is 0 Å². The monoisotopic (exact) mass is 314 g/mol. The molecule has 2 heterocycles. The molecule has 4 aromatic rings. The summed E-state index contributed by atoms with van der Waals surface area (Å²) in [5.41, 5.74) is 3.11. The van der Waals surface area contributed by atoms with Crippen LogP contribution in [-0.4, -0.2) is 20.3 Å². The molecule has 24 heavy (non-hydrogen) atoms. The normalized spacial score (nSPS) is 10.8. The van der Waals surface area contributed by atoms with Crippen LogP contribution in [0.5, 0.6) is 5.75 Å². The molecule has 0 amide bonds. The number of benzene rings is 2. The van der Waals surface area contributed by atoms with Gasteiger partial charge in [-0.2, -0.15) is 0 Å². The molecule has 2 aromatic carbocycles. The molecule has 116 valence electrons. The van der Waals surface area contributed by atoms with E-state index in [2.05, 4.69) is 4.98 Å². The van der Waals surface area contributed by atoms with Crippen molar-refractivity contribution in [3.63, 3.8) is 0 Å². The predicted octanol–water partition coefficient (Wildman–Crippen LogP) is 3.94. The molecular formula is C20H14N2O2. The average molecular weight is 314 g/mol. The molecule has 0 saturated carbocycles. The zero-order chi connectivity index (χ0) is 16.5. The number of hydrogen-bond donors (Lipinski definition) is 1. The summed E-state index contributed by atoms with van der Waals surface area (Å²) in [5.74, 6) is 0.304. The Morgan fingerprint density at radius 1 is 0.875 bits per heavy atom. The summed E-state index contributed by atoms with van der Waals surface area (Å²) in [6, 6.07) is 21.8. The SMILES string of the molecule is O=C(c1ccc(O)cc1)c1nc(-c2ccccc2)c2ccccn12. The van der Waals surface area contributed by atoms with Gasteiger partial charge in [0, 0.05) is 17.3 Å². The molecule has 0 unspecified atom stereocenters. The highest BCUT2D eigenvalue weighted by Gasteiger charge is 2.19. The van der Waals surface area contributed by atoms with Crippen molar-refractivity contribution in [1.29, 1.82) is 0 Å². The number of rotatable bonds is 3. The Hall–Kier alpha value is -3.40. The van der Waals surface area contributed by atoms with E-state index in [0.717, 1.165) is 16.8 Å². The number of imidazole rings is 1. The second-order valence-corrected chi connectivity index (χ2v) is 5.48. The molecule has 0 saturated heterocycles. The standard InChI is InChI=1S/C20H14N2O2/c23-16-11-9-15(10-12-16)19(24)20-21-18(14-6-2-1-3-7-14)17-8-4-5-13-22(17)20/h1-13,23H. The Labute approximate surface area is 138 Å². The van der Waals surface area contributed by atoms with Gasteiger partial charge in [-0.05, 0) is 36.4 Å². The van der Waals surface area contributed by atoms with Crippen LogP contribution < -0.4 is 0 Å². The van der Waals surface area contributed by atoms with Crippen molar-refractivity contribution >= 4 is 11.3 Å². The molecule has 0 radical (unpaired) electrons. The summed E-state index contributed by atoms with van der Waals surface area (Å²) in [6.45, 7) is 0. The Morgan fingerprint density at radius 2 is 1.58 bits per heavy atom. The molecular weight excluding hydrogens is 300 g/mol. The van der Waals surface area contributed by atoms with E-state index in [4.69, 9.17) is 0 Å². The van der Waals surface area contributed by atoms with Crippen LogP contribution in [0.3, 0.4) is 0 Å². The number of aromatic nitrogens is 2. The smallest absolute Gasteiger partial charge is 0.228 e. The number of ketones is 1. The highest BCUT2D eigenvalue weighted by atomic mass is 16.3. The van der Waals surface area contributed by atoms with Crippen molar-refractivity contribution in [3.05, 3.63) is 90.4 Å². The molecule has 0 atom stereocenters. The second-order valence-electron chi connectivity index (χ2n) is 5.48. The van der Waals surface area contributed by atoms with E-state index >= 15 is 0 Å². The van der Waals surface area contributed by atoms with E-state index in [-0.39, 0.29) is 11.5 Å². The first-order chi connectivity index (χ1) is 11.7. The van der Waals surface area contributed by atoms with Gasteiger partial charge < -0.3 is 5.11 Å². The Bertz CT molecular complexity index is 1020. The van der Waals surface area contributed by atoms with Crippen molar-refractivity contribution in [3.8, 4) is 17.0 Å². The van der Waals surface area contributed by atoms with Gasteiger partial charge in [-0.3, -0.25) is 9.20 Å². The van der Waals surface area contributed by atoms with Gasteiger partial charge in [-0.15, -0.1) is 0 Å². The Morgan fingerprint density at radius 3 is 2.33 bits per heavy atom. The van der Waals surface area contributed by atoms with Gasteiger partial charge in [0.15, 0.2) is 5.82 Å². The second kappa shape index (κ2) is 5.66. The lowest BCUT2D eigenvalue weighted by atomic mass is 10.1. The van der Waals surface area contributed by atoms with E-state index in [0.29, 0.717) is 11.4 Å². The third kappa shape index (κ3) is 2.34. The lowest BCUT2D eigenvalue weighted by molar-refractivity contribution is 0.102. The first-order valence-corrected chi connectivity index (χ1v) is 7.60. The summed E-state index contributed by atoms with van der Waals surface area (Å²) in [6.07, 6.45) is 1.84. The molecule has 0 spiro atoms. The molecule has 0 aliphatic rings. The van der Waals surface area contributed by atoms with Gasteiger partial charge in [0.1, 0.15) is 5.75 Å². The zero-order valence-corrected chi connectivity index (χ0v) is 12.8. The van der Waals surface area contributed by atoms with Crippen LogP contribution in [0.25, 0.3) is 16.8 Å². The van der Waals surface area contributed by atoms with E-state index in [1.54, 1.807) is 16.5 Å². The number of carbonyl (C=O) groups is 1. The fourth-order valence-corrected chi connectivity index (χ4v) is 2.75. The maximum Gasteiger partial charge on any atom is 0.228 e. The topological polar surface area (TPSA) is 54.6 Å². The summed E-state index contributed by atoms with van der Waals surface area (Å²) in [5, 5.41) is 9.40. The lowest BCUT2D eigenvalue weighted by Gasteiger charge is -2.01. The number of nitrogens with zero attached hydrogens (tertiary/aromatic N) is 2. The number of phenolic OH excluding ortho intramolecular Hbond substituents is 1. The molecule has 0 fully saturated rings. The molecule has 0 aliphatic heterocycles. The molecule has 1 N–H and O–H groups in total. The van der Waals surface area contributed by atoms with Gasteiger partial charge in [-0.1, -0.05) is 36.4 Å². The first-order valence-electron chi connectivity index (χ1n) is 7.60. The third-order valence-corrected chi connectivity index (χ3v) is 3.93. The van der Waals surface area contributed by atoms with Crippen LogP contribution >= 0.6 is 0 Å². The molecule has 0 aliphatic carbocycles. The van der Waals surface area contributed by atoms with Crippen LogP contribution in [0.4, 0.5) is 0 Å². The average Bonchev–Trinajstić information content (AvgIpc) is 3.02. The van der Waals surface area contributed by atoms with Crippen molar-refractivity contribution in [1.82, 2.24) is 9.38 Å². The number of pyridine rings is 1. The molecule has 2 aromatic heterocycles. The Balaban J connectivity index is 1.90. The Kier molecular flexibility index (Phi) is 3.35. The molecule has 4 rings (SSSR count). The van der Waals surface area contributed by atoms with E-state index in [9.17, 15) is 9.90 Å². The largest absolute Gasteiger partial charge is 0.508 e. The minimum atomic E-state index is -0.182. The number of hydrogen-bond acceptors (Lipinski definition) is 3.